The van der Waals surface area contributed by atoms with Gasteiger partial charge in [-0.2, -0.15) is 13.2 Å². The zero-order valence-corrected chi connectivity index (χ0v) is 11.7. The fourth-order valence-corrected chi connectivity index (χ4v) is 1.77. The molecule has 4 N–H and O–H groups in total. The second-order valence-corrected chi connectivity index (χ2v) is 4.48. The quantitative estimate of drug-likeness (QED) is 0.619. The summed E-state index contributed by atoms with van der Waals surface area (Å²) in [4.78, 5) is 6.98. The Bertz CT molecular complexity index is 777. The molecule has 1 aromatic carbocycles. The third-order valence-corrected chi connectivity index (χ3v) is 2.82. The van der Waals surface area contributed by atoms with Crippen LogP contribution in [0.15, 0.2) is 48.7 Å². The van der Waals surface area contributed by atoms with Crippen LogP contribution in [-0.2, 0) is 6.18 Å². The maximum Gasteiger partial charge on any atom is 0.433 e. The van der Waals surface area contributed by atoms with Gasteiger partial charge in [0.05, 0.1) is 0 Å². The van der Waals surface area contributed by atoms with Crippen molar-refractivity contribution in [1.82, 2.24) is 9.97 Å². The SMILES string of the molecule is Nc1cccc(C(F)(F)F)n1.Nc1ccnc2c(F)cccc12. The van der Waals surface area contributed by atoms with Gasteiger partial charge in [-0.05, 0) is 24.3 Å². The molecule has 0 saturated carbocycles. The van der Waals surface area contributed by atoms with E-state index in [1.54, 1.807) is 18.2 Å². The molecule has 23 heavy (non-hydrogen) atoms. The van der Waals surface area contributed by atoms with E-state index in [4.69, 9.17) is 11.5 Å². The number of hydrogen-bond donors (Lipinski definition) is 2. The van der Waals surface area contributed by atoms with E-state index in [1.165, 1.54) is 24.4 Å². The molecule has 0 aliphatic rings. The fraction of sp³-hybridized carbons (Fsp3) is 0.0667. The van der Waals surface area contributed by atoms with E-state index in [0.717, 1.165) is 6.07 Å². The number of fused-ring (bicyclic) bond motifs is 1. The van der Waals surface area contributed by atoms with Gasteiger partial charge in [0.2, 0.25) is 0 Å². The number of anilines is 2. The van der Waals surface area contributed by atoms with E-state index < -0.39 is 11.9 Å². The number of nitrogens with two attached hydrogens (primary N) is 2. The Labute approximate surface area is 128 Å². The standard InChI is InChI=1S/C9H7FN2.C6H5F3N2/c10-7-3-1-2-6-8(11)4-5-12-9(6)7;7-6(8,9)4-2-1-3-5(10)11-4/h1-5H,(H2,11,12);1-3H,(H2,10,11). The minimum atomic E-state index is -4.41. The summed E-state index contributed by atoms with van der Waals surface area (Å²) in [5, 5.41) is 0.664. The van der Waals surface area contributed by atoms with Crippen LogP contribution in [0.5, 0.6) is 0 Å². The number of pyridine rings is 2. The Morgan fingerprint density at radius 1 is 0.913 bits per heavy atom. The summed E-state index contributed by atoms with van der Waals surface area (Å²) in [7, 11) is 0. The summed E-state index contributed by atoms with van der Waals surface area (Å²) in [5.74, 6) is -0.459. The molecular formula is C15H12F4N4. The zero-order chi connectivity index (χ0) is 17.0. The Balaban J connectivity index is 0.000000168. The molecule has 4 nitrogen and oxygen atoms in total. The van der Waals surface area contributed by atoms with Gasteiger partial charge in [0, 0.05) is 17.3 Å². The third kappa shape index (κ3) is 4.06. The largest absolute Gasteiger partial charge is 0.433 e. The van der Waals surface area contributed by atoms with Gasteiger partial charge in [0.1, 0.15) is 22.8 Å². The van der Waals surface area contributed by atoms with Gasteiger partial charge < -0.3 is 11.5 Å². The van der Waals surface area contributed by atoms with Crippen LogP contribution in [0.4, 0.5) is 29.1 Å². The minimum Gasteiger partial charge on any atom is -0.398 e. The van der Waals surface area contributed by atoms with Gasteiger partial charge in [-0.1, -0.05) is 18.2 Å². The van der Waals surface area contributed by atoms with Crippen molar-refractivity contribution < 1.29 is 17.6 Å². The first-order valence-corrected chi connectivity index (χ1v) is 6.37. The van der Waals surface area contributed by atoms with E-state index in [-0.39, 0.29) is 11.6 Å². The second kappa shape index (κ2) is 6.47. The summed E-state index contributed by atoms with van der Waals surface area (Å²) in [6.07, 6.45) is -2.91. The lowest BCUT2D eigenvalue weighted by Gasteiger charge is -2.04. The molecule has 8 heteroatoms. The van der Waals surface area contributed by atoms with Crippen molar-refractivity contribution in [2.45, 2.75) is 6.18 Å². The monoisotopic (exact) mass is 324 g/mol. The van der Waals surface area contributed by atoms with E-state index >= 15 is 0 Å². The summed E-state index contributed by atoms with van der Waals surface area (Å²) in [6.45, 7) is 0. The Morgan fingerprint density at radius 3 is 2.17 bits per heavy atom. The summed E-state index contributed by atoms with van der Waals surface area (Å²) >= 11 is 0. The van der Waals surface area contributed by atoms with Gasteiger partial charge in [-0.15, -0.1) is 0 Å². The number of rotatable bonds is 0. The van der Waals surface area contributed by atoms with Crippen molar-refractivity contribution in [3.05, 3.63) is 60.2 Å². The maximum atomic E-state index is 13.0. The lowest BCUT2D eigenvalue weighted by molar-refractivity contribution is -0.141. The van der Waals surface area contributed by atoms with Crippen LogP contribution >= 0.6 is 0 Å². The average molecular weight is 324 g/mol. The topological polar surface area (TPSA) is 77.8 Å². The van der Waals surface area contributed by atoms with Crippen LogP contribution in [0.1, 0.15) is 5.69 Å². The molecule has 3 rings (SSSR count). The third-order valence-electron chi connectivity index (χ3n) is 2.82. The number of alkyl halides is 3. The molecule has 0 spiro atoms. The fourth-order valence-electron chi connectivity index (χ4n) is 1.77. The number of aromatic nitrogens is 2. The molecule has 3 aromatic rings. The van der Waals surface area contributed by atoms with E-state index in [1.807, 2.05) is 0 Å². The molecule has 0 amide bonds. The summed E-state index contributed by atoms with van der Waals surface area (Å²) in [5.41, 5.74) is 10.6. The van der Waals surface area contributed by atoms with Crippen molar-refractivity contribution >= 4 is 22.4 Å². The molecule has 0 aliphatic carbocycles. The highest BCUT2D eigenvalue weighted by atomic mass is 19.4. The predicted octanol–water partition coefficient (Wildman–Crippen LogP) is 3.64. The van der Waals surface area contributed by atoms with Gasteiger partial charge in [-0.25, -0.2) is 9.37 Å². The van der Waals surface area contributed by atoms with Gasteiger partial charge >= 0.3 is 6.18 Å². The highest BCUT2D eigenvalue weighted by Crippen LogP contribution is 2.27. The van der Waals surface area contributed by atoms with Crippen molar-refractivity contribution in [3.8, 4) is 0 Å². The molecule has 0 unspecified atom stereocenters. The Hall–Kier alpha value is -2.90. The number of benzene rings is 1. The molecule has 0 radical (unpaired) electrons. The van der Waals surface area contributed by atoms with Crippen LogP contribution in [0.3, 0.4) is 0 Å². The Morgan fingerprint density at radius 2 is 1.61 bits per heavy atom. The van der Waals surface area contributed by atoms with Gasteiger partial charge in [-0.3, -0.25) is 4.98 Å². The highest BCUT2D eigenvalue weighted by Gasteiger charge is 2.32. The zero-order valence-electron chi connectivity index (χ0n) is 11.7. The molecule has 120 valence electrons. The highest BCUT2D eigenvalue weighted by molar-refractivity contribution is 5.89. The lowest BCUT2D eigenvalue weighted by atomic mass is 10.2. The van der Waals surface area contributed by atoms with Crippen molar-refractivity contribution in [2.24, 2.45) is 0 Å². The van der Waals surface area contributed by atoms with E-state index in [9.17, 15) is 17.6 Å². The number of para-hydroxylation sites is 1. The molecule has 0 atom stereocenters. The predicted molar refractivity (Wildman–Crippen MR) is 79.8 cm³/mol. The van der Waals surface area contributed by atoms with Crippen LogP contribution in [0.25, 0.3) is 10.9 Å². The molecular weight excluding hydrogens is 312 g/mol. The first-order chi connectivity index (χ1) is 10.8. The maximum absolute atomic E-state index is 13.0. The molecule has 0 fully saturated rings. The number of nitrogens with zero attached hydrogens (tertiary/aromatic N) is 2. The first kappa shape index (κ1) is 16.5. The normalized spacial score (nSPS) is 11.0. The molecule has 0 aliphatic heterocycles. The molecule has 2 aromatic heterocycles. The molecule has 0 bridgehead atoms. The number of halogens is 4. The van der Waals surface area contributed by atoms with Crippen LogP contribution in [0, 0.1) is 5.82 Å². The molecule has 2 heterocycles. The van der Waals surface area contributed by atoms with Gasteiger partial charge in [0.15, 0.2) is 0 Å². The average Bonchev–Trinajstić information content (AvgIpc) is 2.48. The van der Waals surface area contributed by atoms with E-state index in [2.05, 4.69) is 9.97 Å². The van der Waals surface area contributed by atoms with Crippen LogP contribution in [-0.4, -0.2) is 9.97 Å². The molecule has 0 saturated heterocycles. The van der Waals surface area contributed by atoms with Crippen LogP contribution in [0.2, 0.25) is 0 Å². The summed E-state index contributed by atoms with van der Waals surface area (Å²) in [6, 6.07) is 9.78. The number of nitrogen functional groups attached to an aromatic ring is 2. The van der Waals surface area contributed by atoms with Crippen molar-refractivity contribution in [3.63, 3.8) is 0 Å². The van der Waals surface area contributed by atoms with Crippen molar-refractivity contribution in [2.75, 3.05) is 11.5 Å². The van der Waals surface area contributed by atoms with Crippen LogP contribution < -0.4 is 11.5 Å². The lowest BCUT2D eigenvalue weighted by Crippen LogP contribution is -2.08. The summed E-state index contributed by atoms with van der Waals surface area (Å²) < 4.78 is 48.6. The Kier molecular flexibility index (Phi) is 4.63. The van der Waals surface area contributed by atoms with Crippen molar-refractivity contribution in [1.29, 1.82) is 0 Å². The first-order valence-electron chi connectivity index (χ1n) is 6.37. The smallest absolute Gasteiger partial charge is 0.398 e. The number of hydrogen-bond acceptors (Lipinski definition) is 4. The van der Waals surface area contributed by atoms with E-state index in [0.29, 0.717) is 16.6 Å². The second-order valence-electron chi connectivity index (χ2n) is 4.48. The minimum absolute atomic E-state index is 0.125. The van der Waals surface area contributed by atoms with Gasteiger partial charge in [0.25, 0.3) is 0 Å².